The van der Waals surface area contributed by atoms with Gasteiger partial charge in [0, 0.05) is 35.5 Å². The largest absolute Gasteiger partial charge is 0.508 e. The third-order valence-electron chi connectivity index (χ3n) is 6.42. The Morgan fingerprint density at radius 3 is 2.43 bits per heavy atom. The molecule has 0 amide bonds. The number of methoxy groups -OCH3 is 1. The maximum atomic E-state index is 9.54. The van der Waals surface area contributed by atoms with Crippen LogP contribution in [-0.2, 0) is 13.0 Å². The summed E-state index contributed by atoms with van der Waals surface area (Å²) in [6.45, 7) is 1.24. The Bertz CT molecular complexity index is 1470. The number of fused-ring (bicyclic) bond motifs is 3. The number of phenolic OH excluding ortho intramolecular Hbond substituents is 1. The summed E-state index contributed by atoms with van der Waals surface area (Å²) < 4.78 is 13.7. The van der Waals surface area contributed by atoms with E-state index < -0.39 is 0 Å². The maximum absolute atomic E-state index is 9.54. The van der Waals surface area contributed by atoms with Gasteiger partial charge in [0.05, 0.1) is 31.4 Å². The van der Waals surface area contributed by atoms with Gasteiger partial charge in [0.15, 0.2) is 11.5 Å². The number of hydrogen-bond acceptors (Lipinski definition) is 5. The van der Waals surface area contributed by atoms with Crippen molar-refractivity contribution in [1.82, 2.24) is 19.7 Å². The van der Waals surface area contributed by atoms with E-state index in [2.05, 4.69) is 45.5 Å². The van der Waals surface area contributed by atoms with Crippen molar-refractivity contribution in [2.24, 2.45) is 0 Å². The summed E-state index contributed by atoms with van der Waals surface area (Å²) in [7, 11) is 1.66. The number of H-pyrrole nitrogens is 1. The summed E-state index contributed by atoms with van der Waals surface area (Å²) in [6, 6.07) is 19.7. The fourth-order valence-corrected chi connectivity index (χ4v) is 4.60. The molecule has 0 unspecified atom stereocenters. The Morgan fingerprint density at radius 1 is 0.971 bits per heavy atom. The van der Waals surface area contributed by atoms with Crippen LogP contribution in [0.1, 0.15) is 11.1 Å². The van der Waals surface area contributed by atoms with Crippen molar-refractivity contribution in [2.45, 2.75) is 13.0 Å². The molecule has 1 aliphatic carbocycles. The van der Waals surface area contributed by atoms with Crippen molar-refractivity contribution in [3.8, 4) is 50.9 Å². The van der Waals surface area contributed by atoms with Crippen LogP contribution in [0, 0.1) is 0 Å². The third kappa shape index (κ3) is 3.91. The van der Waals surface area contributed by atoms with Crippen molar-refractivity contribution in [3.05, 3.63) is 90.5 Å². The van der Waals surface area contributed by atoms with Gasteiger partial charge in [-0.25, -0.2) is 4.98 Å². The predicted octanol–water partition coefficient (Wildman–Crippen LogP) is 5.30. The van der Waals surface area contributed by atoms with E-state index in [9.17, 15) is 5.11 Å². The van der Waals surface area contributed by atoms with Crippen LogP contribution in [0.15, 0.2) is 79.4 Å². The van der Waals surface area contributed by atoms with Gasteiger partial charge in [-0.3, -0.25) is 5.10 Å². The molecular formula is C28H24N4O3. The molecule has 7 nitrogen and oxygen atoms in total. The van der Waals surface area contributed by atoms with Crippen molar-refractivity contribution >= 4 is 0 Å². The Labute approximate surface area is 202 Å². The van der Waals surface area contributed by atoms with Crippen LogP contribution in [0.3, 0.4) is 0 Å². The van der Waals surface area contributed by atoms with Crippen LogP contribution < -0.4 is 9.47 Å². The van der Waals surface area contributed by atoms with Gasteiger partial charge in [-0.15, -0.1) is 0 Å². The normalized spacial score (nSPS) is 11.8. The molecule has 7 heteroatoms. The summed E-state index contributed by atoms with van der Waals surface area (Å²) >= 11 is 0. The fourth-order valence-electron chi connectivity index (χ4n) is 4.60. The number of aromatic amines is 1. The van der Waals surface area contributed by atoms with E-state index in [1.807, 2.05) is 29.0 Å². The Kier molecular flexibility index (Phi) is 5.22. The van der Waals surface area contributed by atoms with E-state index in [4.69, 9.17) is 9.47 Å². The van der Waals surface area contributed by atoms with Gasteiger partial charge in [0.25, 0.3) is 0 Å². The molecule has 1 aliphatic rings. The van der Waals surface area contributed by atoms with Crippen LogP contribution in [-0.4, -0.2) is 38.6 Å². The molecule has 0 spiro atoms. The first kappa shape index (κ1) is 21.0. The lowest BCUT2D eigenvalue weighted by molar-refractivity contribution is 0.279. The number of nitrogens with one attached hydrogen (secondary N) is 1. The molecule has 0 aliphatic heterocycles. The van der Waals surface area contributed by atoms with Crippen LogP contribution >= 0.6 is 0 Å². The standard InChI is InChI=1S/C28H24N4O3/c1-34-25-16-23-21(15-26(25)35-13-12-32-11-10-29-17-32)14-24-27(30-31-28(23)24)20-4-2-18(3-5-20)19-6-8-22(33)9-7-19/h2-11,15-17,33H,12-14H2,1H3,(H,30,31). The topological polar surface area (TPSA) is 85.2 Å². The number of rotatable bonds is 7. The smallest absolute Gasteiger partial charge is 0.161 e. The van der Waals surface area contributed by atoms with Gasteiger partial charge >= 0.3 is 0 Å². The number of aromatic hydroxyl groups is 1. The zero-order chi connectivity index (χ0) is 23.8. The van der Waals surface area contributed by atoms with Gasteiger partial charge < -0.3 is 19.1 Å². The Hall–Kier alpha value is -4.52. The molecule has 2 aromatic heterocycles. The lowest BCUT2D eigenvalue weighted by Gasteiger charge is -2.13. The average molecular weight is 465 g/mol. The molecule has 0 saturated heterocycles. The molecule has 35 heavy (non-hydrogen) atoms. The number of aromatic nitrogens is 4. The van der Waals surface area contributed by atoms with Gasteiger partial charge in [0.2, 0.25) is 0 Å². The third-order valence-corrected chi connectivity index (χ3v) is 6.42. The van der Waals surface area contributed by atoms with Crippen molar-refractivity contribution in [3.63, 3.8) is 0 Å². The molecule has 0 bridgehead atoms. The molecule has 174 valence electrons. The minimum atomic E-state index is 0.264. The van der Waals surface area contributed by atoms with Gasteiger partial charge in [-0.2, -0.15) is 5.10 Å². The van der Waals surface area contributed by atoms with Crippen LogP contribution in [0.25, 0.3) is 33.6 Å². The molecule has 0 radical (unpaired) electrons. The highest BCUT2D eigenvalue weighted by molar-refractivity contribution is 5.83. The van der Waals surface area contributed by atoms with Gasteiger partial charge in [-0.05, 0) is 41.0 Å². The van der Waals surface area contributed by atoms with Crippen LogP contribution in [0.5, 0.6) is 17.2 Å². The zero-order valence-corrected chi connectivity index (χ0v) is 19.2. The second kappa shape index (κ2) is 8.68. The molecule has 0 fully saturated rings. The van der Waals surface area contributed by atoms with E-state index in [1.165, 1.54) is 11.1 Å². The molecule has 5 aromatic rings. The van der Waals surface area contributed by atoms with Crippen molar-refractivity contribution < 1.29 is 14.6 Å². The number of phenols is 1. The van der Waals surface area contributed by atoms with Gasteiger partial charge in [0.1, 0.15) is 12.4 Å². The number of imidazole rings is 1. The highest BCUT2D eigenvalue weighted by atomic mass is 16.5. The first-order valence-electron chi connectivity index (χ1n) is 11.5. The Balaban J connectivity index is 1.25. The predicted molar refractivity (Wildman–Crippen MR) is 134 cm³/mol. The van der Waals surface area contributed by atoms with E-state index in [1.54, 1.807) is 31.8 Å². The molecule has 0 atom stereocenters. The summed E-state index contributed by atoms with van der Waals surface area (Å²) in [4.78, 5) is 4.07. The summed E-state index contributed by atoms with van der Waals surface area (Å²) in [6.07, 6.45) is 6.23. The zero-order valence-electron chi connectivity index (χ0n) is 19.2. The highest BCUT2D eigenvalue weighted by Crippen LogP contribution is 2.44. The first-order valence-corrected chi connectivity index (χ1v) is 11.5. The lowest BCUT2D eigenvalue weighted by Crippen LogP contribution is -2.07. The number of ether oxygens (including phenoxy) is 2. The monoisotopic (exact) mass is 464 g/mol. The van der Waals surface area contributed by atoms with Crippen LogP contribution in [0.2, 0.25) is 0 Å². The van der Waals surface area contributed by atoms with E-state index in [0.717, 1.165) is 45.8 Å². The molecule has 2 N–H and O–H groups in total. The SMILES string of the molecule is COc1cc2c(cc1OCCn1ccnc1)Cc1c(-c3ccc(-c4ccc(O)cc4)cc3)n[nH]c1-2. The first-order chi connectivity index (χ1) is 17.2. The van der Waals surface area contributed by atoms with Crippen molar-refractivity contribution in [2.75, 3.05) is 13.7 Å². The van der Waals surface area contributed by atoms with E-state index in [0.29, 0.717) is 18.9 Å². The quantitative estimate of drug-likeness (QED) is 0.335. The Morgan fingerprint density at radius 2 is 1.71 bits per heavy atom. The average Bonchev–Trinajstić information content (AvgIpc) is 3.62. The highest BCUT2D eigenvalue weighted by Gasteiger charge is 2.27. The number of benzene rings is 3. The van der Waals surface area contributed by atoms with E-state index >= 15 is 0 Å². The molecule has 0 saturated carbocycles. The minimum absolute atomic E-state index is 0.264. The molecule has 2 heterocycles. The summed E-state index contributed by atoms with van der Waals surface area (Å²) in [5.41, 5.74) is 8.65. The fraction of sp³-hybridized carbons (Fsp3) is 0.143. The van der Waals surface area contributed by atoms with E-state index in [-0.39, 0.29) is 5.75 Å². The van der Waals surface area contributed by atoms with Crippen LogP contribution in [0.4, 0.5) is 0 Å². The minimum Gasteiger partial charge on any atom is -0.508 e. The summed E-state index contributed by atoms with van der Waals surface area (Å²) in [5.74, 6) is 1.71. The molecule has 6 rings (SSSR count). The second-order valence-electron chi connectivity index (χ2n) is 8.54. The number of nitrogens with zero attached hydrogens (tertiary/aromatic N) is 3. The molecular weight excluding hydrogens is 440 g/mol. The van der Waals surface area contributed by atoms with Crippen molar-refractivity contribution in [1.29, 1.82) is 0 Å². The maximum Gasteiger partial charge on any atom is 0.161 e. The molecule has 3 aromatic carbocycles. The van der Waals surface area contributed by atoms with Gasteiger partial charge in [-0.1, -0.05) is 36.4 Å². The number of hydrogen-bond donors (Lipinski definition) is 2. The second-order valence-corrected chi connectivity index (χ2v) is 8.54. The lowest BCUT2D eigenvalue weighted by atomic mass is 10.0. The summed E-state index contributed by atoms with van der Waals surface area (Å²) in [5, 5.41) is 17.4.